The maximum atomic E-state index is 3.63. The number of rotatable bonds is 1. The van der Waals surface area contributed by atoms with Crippen molar-refractivity contribution in [3.05, 3.63) is 18.4 Å². The number of fused-ring (bicyclic) bond motifs is 2. The highest BCUT2D eigenvalue weighted by molar-refractivity contribution is 4.99. The summed E-state index contributed by atoms with van der Waals surface area (Å²) in [7, 11) is 0. The lowest BCUT2D eigenvalue weighted by Crippen LogP contribution is -2.06. The van der Waals surface area contributed by atoms with Crippen LogP contribution in [0.3, 0.4) is 0 Å². The monoisotopic (exact) mass is 134 g/mol. The Labute approximate surface area is 62.6 Å². The topological polar surface area (TPSA) is 0 Å². The summed E-state index contributed by atoms with van der Waals surface area (Å²) in [6, 6.07) is 0. The highest BCUT2D eigenvalue weighted by Crippen LogP contribution is 2.48. The van der Waals surface area contributed by atoms with Crippen LogP contribution in [0.5, 0.6) is 0 Å². The molecule has 0 radical (unpaired) electrons. The number of hydrogen-bond donors (Lipinski definition) is 0. The SMILES string of the molecule is C=C=CC1CC2CCC1C2. The molecule has 0 spiro atoms. The van der Waals surface area contributed by atoms with Gasteiger partial charge in [0.25, 0.3) is 0 Å². The van der Waals surface area contributed by atoms with Gasteiger partial charge in [-0.05, 0) is 43.1 Å². The van der Waals surface area contributed by atoms with Crippen molar-refractivity contribution < 1.29 is 0 Å². The highest BCUT2D eigenvalue weighted by Gasteiger charge is 2.37. The predicted molar refractivity (Wildman–Crippen MR) is 42.6 cm³/mol. The summed E-state index contributed by atoms with van der Waals surface area (Å²) in [6.07, 6.45) is 8.06. The van der Waals surface area contributed by atoms with E-state index in [1.807, 2.05) is 0 Å². The molecule has 0 aromatic carbocycles. The predicted octanol–water partition coefficient (Wildman–Crippen LogP) is 2.76. The van der Waals surface area contributed by atoms with Gasteiger partial charge in [-0.15, -0.1) is 5.73 Å². The van der Waals surface area contributed by atoms with Gasteiger partial charge in [0, 0.05) is 0 Å². The molecule has 2 saturated carbocycles. The highest BCUT2D eigenvalue weighted by atomic mass is 14.4. The zero-order valence-corrected chi connectivity index (χ0v) is 6.34. The second-order valence-corrected chi connectivity index (χ2v) is 3.71. The molecule has 0 nitrogen and oxygen atoms in total. The minimum atomic E-state index is 0.844. The average Bonchev–Trinajstić information content (AvgIpc) is 2.48. The molecule has 2 aliphatic rings. The first-order chi connectivity index (χ1) is 4.90. The third-order valence-corrected chi connectivity index (χ3v) is 3.12. The van der Waals surface area contributed by atoms with Crippen LogP contribution in [0.15, 0.2) is 18.4 Å². The van der Waals surface area contributed by atoms with Crippen molar-refractivity contribution in [3.63, 3.8) is 0 Å². The van der Waals surface area contributed by atoms with Crippen molar-refractivity contribution in [3.8, 4) is 0 Å². The minimum absolute atomic E-state index is 0.844. The largest absolute Gasteiger partial charge is 0.133 e. The standard InChI is InChI=1S/C10H14/c1-2-3-9-6-8-4-5-10(9)7-8/h3,8-10H,1,4-7H2. The van der Waals surface area contributed by atoms with E-state index >= 15 is 0 Å². The Hall–Kier alpha value is -0.480. The molecule has 2 bridgehead atoms. The molecule has 54 valence electrons. The van der Waals surface area contributed by atoms with E-state index in [0.29, 0.717) is 0 Å². The molecule has 0 aromatic rings. The van der Waals surface area contributed by atoms with Crippen LogP contribution in [0.25, 0.3) is 0 Å². The first-order valence-corrected chi connectivity index (χ1v) is 4.26. The lowest BCUT2D eigenvalue weighted by molar-refractivity contribution is 0.395. The Balaban J connectivity index is 2.08. The Kier molecular flexibility index (Phi) is 1.43. The molecule has 0 saturated heterocycles. The molecule has 0 heterocycles. The van der Waals surface area contributed by atoms with E-state index in [4.69, 9.17) is 0 Å². The Bertz CT molecular complexity index is 174. The van der Waals surface area contributed by atoms with Gasteiger partial charge in [-0.3, -0.25) is 0 Å². The lowest BCUT2D eigenvalue weighted by atomic mass is 9.89. The van der Waals surface area contributed by atoms with Crippen LogP contribution in [0, 0.1) is 17.8 Å². The summed E-state index contributed by atoms with van der Waals surface area (Å²) in [6.45, 7) is 3.63. The summed E-state index contributed by atoms with van der Waals surface area (Å²) in [5.41, 5.74) is 2.92. The third kappa shape index (κ3) is 0.839. The minimum Gasteiger partial charge on any atom is -0.133 e. The van der Waals surface area contributed by atoms with E-state index in [1.165, 1.54) is 25.7 Å². The molecule has 0 amide bonds. The van der Waals surface area contributed by atoms with Gasteiger partial charge in [0.05, 0.1) is 0 Å². The van der Waals surface area contributed by atoms with Gasteiger partial charge in [0.1, 0.15) is 0 Å². The zero-order valence-electron chi connectivity index (χ0n) is 6.34. The molecule has 0 aliphatic heterocycles. The van der Waals surface area contributed by atoms with E-state index < -0.39 is 0 Å². The van der Waals surface area contributed by atoms with Crippen LogP contribution in [-0.2, 0) is 0 Å². The molecule has 10 heavy (non-hydrogen) atoms. The summed E-state index contributed by atoms with van der Waals surface area (Å²) in [4.78, 5) is 0. The second kappa shape index (κ2) is 2.29. The molecule has 3 atom stereocenters. The molecular weight excluding hydrogens is 120 g/mol. The fraction of sp³-hybridized carbons (Fsp3) is 0.700. The molecule has 3 unspecified atom stereocenters. The van der Waals surface area contributed by atoms with Crippen LogP contribution < -0.4 is 0 Å². The Morgan fingerprint density at radius 1 is 1.30 bits per heavy atom. The van der Waals surface area contributed by atoms with Crippen LogP contribution >= 0.6 is 0 Å². The maximum absolute atomic E-state index is 3.63. The first-order valence-electron chi connectivity index (χ1n) is 4.26. The smallest absolute Gasteiger partial charge is 0.0127 e. The molecule has 0 aromatic heterocycles. The van der Waals surface area contributed by atoms with Crippen molar-refractivity contribution in [1.29, 1.82) is 0 Å². The second-order valence-electron chi connectivity index (χ2n) is 3.71. The zero-order chi connectivity index (χ0) is 6.97. The fourth-order valence-corrected chi connectivity index (χ4v) is 2.65. The van der Waals surface area contributed by atoms with Crippen LogP contribution in [-0.4, -0.2) is 0 Å². The van der Waals surface area contributed by atoms with Gasteiger partial charge < -0.3 is 0 Å². The molecular formula is C10H14. The number of allylic oxidation sites excluding steroid dienone is 1. The van der Waals surface area contributed by atoms with Crippen LogP contribution in [0.4, 0.5) is 0 Å². The maximum Gasteiger partial charge on any atom is -0.0127 e. The molecule has 0 heteroatoms. The summed E-state index contributed by atoms with van der Waals surface area (Å²) in [5.74, 6) is 2.90. The van der Waals surface area contributed by atoms with Crippen molar-refractivity contribution in [2.45, 2.75) is 25.7 Å². The summed E-state index contributed by atoms with van der Waals surface area (Å²) in [5, 5.41) is 0. The fourth-order valence-electron chi connectivity index (χ4n) is 2.65. The average molecular weight is 134 g/mol. The molecule has 2 fully saturated rings. The number of hydrogen-bond acceptors (Lipinski definition) is 0. The van der Waals surface area contributed by atoms with Crippen molar-refractivity contribution in [1.82, 2.24) is 0 Å². The van der Waals surface area contributed by atoms with Gasteiger partial charge in [-0.25, -0.2) is 0 Å². The Morgan fingerprint density at radius 2 is 2.20 bits per heavy atom. The van der Waals surface area contributed by atoms with Crippen molar-refractivity contribution in [2.24, 2.45) is 17.8 Å². The van der Waals surface area contributed by atoms with Gasteiger partial charge in [0.2, 0.25) is 0 Å². The van der Waals surface area contributed by atoms with E-state index in [1.54, 1.807) is 0 Å². The van der Waals surface area contributed by atoms with Gasteiger partial charge in [-0.1, -0.05) is 13.0 Å². The molecule has 2 aliphatic carbocycles. The summed E-state index contributed by atoms with van der Waals surface area (Å²) >= 11 is 0. The van der Waals surface area contributed by atoms with Gasteiger partial charge in [0.15, 0.2) is 0 Å². The van der Waals surface area contributed by atoms with E-state index in [-0.39, 0.29) is 0 Å². The van der Waals surface area contributed by atoms with Crippen LogP contribution in [0.2, 0.25) is 0 Å². The van der Waals surface area contributed by atoms with Gasteiger partial charge >= 0.3 is 0 Å². The van der Waals surface area contributed by atoms with E-state index in [0.717, 1.165) is 17.8 Å². The van der Waals surface area contributed by atoms with Crippen molar-refractivity contribution in [2.75, 3.05) is 0 Å². The molecule has 0 N–H and O–H groups in total. The quantitative estimate of drug-likeness (QED) is 0.484. The Morgan fingerprint density at radius 3 is 2.70 bits per heavy atom. The van der Waals surface area contributed by atoms with Gasteiger partial charge in [-0.2, -0.15) is 0 Å². The lowest BCUT2D eigenvalue weighted by Gasteiger charge is -2.16. The summed E-state index contributed by atoms with van der Waals surface area (Å²) < 4.78 is 0. The first kappa shape index (κ1) is 6.24. The van der Waals surface area contributed by atoms with Crippen LogP contribution in [0.1, 0.15) is 25.7 Å². The third-order valence-electron chi connectivity index (χ3n) is 3.12. The normalized spacial score (nSPS) is 43.4. The van der Waals surface area contributed by atoms with Crippen molar-refractivity contribution >= 4 is 0 Å². The van der Waals surface area contributed by atoms with E-state index in [9.17, 15) is 0 Å². The van der Waals surface area contributed by atoms with E-state index in [2.05, 4.69) is 18.4 Å². The molecule has 2 rings (SSSR count).